The summed E-state index contributed by atoms with van der Waals surface area (Å²) in [5.74, 6) is -0.477. The average Bonchev–Trinajstić information content (AvgIpc) is 2.73. The van der Waals surface area contributed by atoms with Gasteiger partial charge in [-0.2, -0.15) is 0 Å². The molecular weight excluding hydrogens is 359 g/mol. The van der Waals surface area contributed by atoms with Crippen LogP contribution in [0.5, 0.6) is 0 Å². The van der Waals surface area contributed by atoms with E-state index >= 15 is 0 Å². The summed E-state index contributed by atoms with van der Waals surface area (Å²) in [5.41, 5.74) is 1.05. The lowest BCUT2D eigenvalue weighted by atomic mass is 9.95. The molecule has 0 aliphatic carbocycles. The number of methoxy groups -OCH3 is 1. The fraction of sp³-hybridized carbons (Fsp3) is 0.476. The van der Waals surface area contributed by atoms with Gasteiger partial charge in [-0.3, -0.25) is 14.8 Å². The maximum Gasteiger partial charge on any atom is 0.257 e. The molecule has 1 amide bonds. The Hall–Kier alpha value is -2.38. The molecule has 1 fully saturated rings. The second-order valence-corrected chi connectivity index (χ2v) is 7.17. The van der Waals surface area contributed by atoms with Crippen LogP contribution in [0.1, 0.15) is 28.8 Å². The average molecular weight is 386 g/mol. The lowest BCUT2D eigenvalue weighted by Crippen LogP contribution is -2.41. The fourth-order valence-electron chi connectivity index (χ4n) is 3.57. The van der Waals surface area contributed by atoms with E-state index in [4.69, 9.17) is 4.74 Å². The molecule has 0 aromatic carbocycles. The Morgan fingerprint density at radius 3 is 2.61 bits per heavy atom. The van der Waals surface area contributed by atoms with Gasteiger partial charge in [-0.1, -0.05) is 0 Å². The lowest BCUT2D eigenvalue weighted by molar-refractivity contribution is 0.0653. The second kappa shape index (κ2) is 10.2. The highest BCUT2D eigenvalue weighted by Crippen LogP contribution is 2.21. The molecular formula is C21H27FN4O2. The number of rotatable bonds is 8. The summed E-state index contributed by atoms with van der Waals surface area (Å²) in [5, 5.41) is 0. The second-order valence-electron chi connectivity index (χ2n) is 7.17. The topological polar surface area (TPSA) is 58.6 Å². The molecule has 0 spiro atoms. The van der Waals surface area contributed by atoms with Gasteiger partial charge in [0.25, 0.3) is 5.91 Å². The largest absolute Gasteiger partial charge is 0.383 e. The molecule has 0 bridgehead atoms. The molecule has 0 saturated carbocycles. The van der Waals surface area contributed by atoms with E-state index in [1.165, 1.54) is 12.3 Å². The highest BCUT2D eigenvalue weighted by molar-refractivity contribution is 5.94. The van der Waals surface area contributed by atoms with Crippen molar-refractivity contribution < 1.29 is 13.9 Å². The van der Waals surface area contributed by atoms with Gasteiger partial charge in [0.2, 0.25) is 0 Å². The summed E-state index contributed by atoms with van der Waals surface area (Å²) in [4.78, 5) is 25.0. The summed E-state index contributed by atoms with van der Waals surface area (Å²) in [7, 11) is 1.72. The van der Waals surface area contributed by atoms with E-state index in [0.29, 0.717) is 19.0 Å². The van der Waals surface area contributed by atoms with Crippen LogP contribution in [0, 0.1) is 11.7 Å². The van der Waals surface area contributed by atoms with E-state index < -0.39 is 5.82 Å². The van der Waals surface area contributed by atoms with E-state index in [-0.39, 0.29) is 11.5 Å². The van der Waals surface area contributed by atoms with Crippen LogP contribution in [0.15, 0.2) is 43.0 Å². The molecule has 3 heterocycles. The zero-order valence-corrected chi connectivity index (χ0v) is 16.3. The number of nitrogens with zero attached hydrogens (tertiary/aromatic N) is 4. The minimum absolute atomic E-state index is 0.0709. The van der Waals surface area contributed by atoms with Gasteiger partial charge < -0.3 is 14.5 Å². The number of carbonyl (C=O) groups excluding carboxylic acids is 1. The van der Waals surface area contributed by atoms with E-state index in [2.05, 4.69) is 14.9 Å². The predicted octanol–water partition coefficient (Wildman–Crippen LogP) is 2.62. The Bertz CT molecular complexity index is 751. The van der Waals surface area contributed by atoms with Gasteiger partial charge in [0.1, 0.15) is 0 Å². The first kappa shape index (κ1) is 20.4. The van der Waals surface area contributed by atoms with Crippen molar-refractivity contribution in [1.82, 2.24) is 19.8 Å². The smallest absolute Gasteiger partial charge is 0.257 e. The minimum Gasteiger partial charge on any atom is -0.383 e. The predicted molar refractivity (Wildman–Crippen MR) is 104 cm³/mol. The van der Waals surface area contributed by atoms with E-state index in [0.717, 1.165) is 50.8 Å². The van der Waals surface area contributed by atoms with Gasteiger partial charge in [0.05, 0.1) is 18.4 Å². The molecule has 150 valence electrons. The molecule has 0 N–H and O–H groups in total. The van der Waals surface area contributed by atoms with E-state index in [9.17, 15) is 9.18 Å². The molecule has 1 aliphatic heterocycles. The third-order valence-electron chi connectivity index (χ3n) is 5.21. The summed E-state index contributed by atoms with van der Waals surface area (Å²) < 4.78 is 19.3. The van der Waals surface area contributed by atoms with Gasteiger partial charge in [0.15, 0.2) is 5.82 Å². The first-order chi connectivity index (χ1) is 13.7. The highest BCUT2D eigenvalue weighted by Gasteiger charge is 2.25. The SMILES string of the molecule is COCCN1CCC(CN(Cc2ccncc2)C(=O)c2ccncc2F)CC1. The monoisotopic (exact) mass is 386 g/mol. The van der Waals surface area contributed by atoms with Crippen LogP contribution in [-0.4, -0.2) is 65.6 Å². The maximum absolute atomic E-state index is 14.1. The molecule has 0 atom stereocenters. The Morgan fingerprint density at radius 1 is 1.21 bits per heavy atom. The van der Waals surface area contributed by atoms with Crippen molar-refractivity contribution in [2.45, 2.75) is 19.4 Å². The summed E-state index contributed by atoms with van der Waals surface area (Å²) in [6.45, 7) is 4.71. The molecule has 1 aliphatic rings. The third-order valence-corrected chi connectivity index (χ3v) is 5.21. The maximum atomic E-state index is 14.1. The number of carbonyl (C=O) groups is 1. The van der Waals surface area contributed by atoms with Crippen LogP contribution in [0.4, 0.5) is 4.39 Å². The number of amides is 1. The van der Waals surface area contributed by atoms with Gasteiger partial charge in [-0.05, 0) is 55.6 Å². The highest BCUT2D eigenvalue weighted by atomic mass is 19.1. The molecule has 7 heteroatoms. The van der Waals surface area contributed by atoms with Crippen molar-refractivity contribution in [2.24, 2.45) is 5.92 Å². The van der Waals surface area contributed by atoms with Crippen molar-refractivity contribution >= 4 is 5.91 Å². The number of pyridine rings is 2. The van der Waals surface area contributed by atoms with Crippen molar-refractivity contribution in [3.63, 3.8) is 0 Å². The van der Waals surface area contributed by atoms with Crippen LogP contribution in [-0.2, 0) is 11.3 Å². The van der Waals surface area contributed by atoms with Crippen molar-refractivity contribution in [2.75, 3.05) is 39.9 Å². The van der Waals surface area contributed by atoms with Gasteiger partial charge >= 0.3 is 0 Å². The van der Waals surface area contributed by atoms with Crippen LogP contribution in [0.25, 0.3) is 0 Å². The first-order valence-electron chi connectivity index (χ1n) is 9.66. The van der Waals surface area contributed by atoms with Crippen molar-refractivity contribution in [3.8, 4) is 0 Å². The molecule has 3 rings (SSSR count). The zero-order valence-electron chi connectivity index (χ0n) is 16.3. The van der Waals surface area contributed by atoms with Crippen LogP contribution >= 0.6 is 0 Å². The Morgan fingerprint density at radius 2 is 1.93 bits per heavy atom. The Labute approximate surface area is 165 Å². The third kappa shape index (κ3) is 5.56. The Balaban J connectivity index is 1.68. The van der Waals surface area contributed by atoms with E-state index in [1.807, 2.05) is 12.1 Å². The number of halogens is 1. The molecule has 2 aromatic rings. The van der Waals surface area contributed by atoms with Gasteiger partial charge in [0, 0.05) is 45.3 Å². The van der Waals surface area contributed by atoms with Crippen molar-refractivity contribution in [1.29, 1.82) is 0 Å². The van der Waals surface area contributed by atoms with Crippen molar-refractivity contribution in [3.05, 3.63) is 59.9 Å². The van der Waals surface area contributed by atoms with E-state index in [1.54, 1.807) is 24.4 Å². The Kier molecular flexibility index (Phi) is 7.45. The number of ether oxygens (including phenoxy) is 1. The number of likely N-dealkylation sites (tertiary alicyclic amines) is 1. The number of piperidine rings is 1. The molecule has 6 nitrogen and oxygen atoms in total. The molecule has 0 unspecified atom stereocenters. The standard InChI is InChI=1S/C21H27FN4O2/c1-28-13-12-25-10-5-18(6-11-25)16-26(15-17-2-7-23-8-3-17)21(27)19-4-9-24-14-20(19)22/h2-4,7-9,14,18H,5-6,10-13,15-16H2,1H3. The number of hydrogen-bond acceptors (Lipinski definition) is 5. The summed E-state index contributed by atoms with van der Waals surface area (Å²) in [6, 6.07) is 5.22. The number of hydrogen-bond donors (Lipinski definition) is 0. The molecule has 28 heavy (non-hydrogen) atoms. The molecule has 0 radical (unpaired) electrons. The normalized spacial score (nSPS) is 15.5. The van der Waals surface area contributed by atoms with Gasteiger partial charge in [-0.25, -0.2) is 4.39 Å². The quantitative estimate of drug-likeness (QED) is 0.698. The molecule has 1 saturated heterocycles. The van der Waals surface area contributed by atoms with Crippen LogP contribution in [0.2, 0.25) is 0 Å². The molecule has 2 aromatic heterocycles. The van der Waals surface area contributed by atoms with Crippen LogP contribution < -0.4 is 0 Å². The fourth-order valence-corrected chi connectivity index (χ4v) is 3.57. The lowest BCUT2D eigenvalue weighted by Gasteiger charge is -2.35. The number of aromatic nitrogens is 2. The van der Waals surface area contributed by atoms with Crippen LogP contribution in [0.3, 0.4) is 0 Å². The summed E-state index contributed by atoms with van der Waals surface area (Å²) >= 11 is 0. The minimum atomic E-state index is -0.582. The summed E-state index contributed by atoms with van der Waals surface area (Å²) in [6.07, 6.45) is 7.99. The first-order valence-corrected chi connectivity index (χ1v) is 9.66. The van der Waals surface area contributed by atoms with Gasteiger partial charge in [-0.15, -0.1) is 0 Å². The zero-order chi connectivity index (χ0) is 19.8.